The Balaban J connectivity index is 1.96. The number of rotatable bonds is 4. The number of hydrogen-bond donors (Lipinski definition) is 1. The lowest BCUT2D eigenvalue weighted by Crippen LogP contribution is -2.20. The van der Waals surface area contributed by atoms with Crippen LogP contribution in [0.1, 0.15) is 47.9 Å². The molecule has 0 spiro atoms. The van der Waals surface area contributed by atoms with Crippen molar-refractivity contribution in [3.63, 3.8) is 0 Å². The molecule has 1 aliphatic rings. The van der Waals surface area contributed by atoms with Crippen molar-refractivity contribution in [2.45, 2.75) is 32.8 Å². The van der Waals surface area contributed by atoms with Crippen LogP contribution in [0.15, 0.2) is 46.5 Å². The fourth-order valence-corrected chi connectivity index (χ4v) is 3.36. The summed E-state index contributed by atoms with van der Waals surface area (Å²) in [5, 5.41) is 9.66. The molecule has 1 heterocycles. The van der Waals surface area contributed by atoms with Crippen LogP contribution < -0.4 is 9.47 Å². The Hall–Kier alpha value is -2.27. The van der Waals surface area contributed by atoms with Gasteiger partial charge in [-0.1, -0.05) is 17.7 Å². The van der Waals surface area contributed by atoms with E-state index in [0.717, 1.165) is 11.1 Å². The summed E-state index contributed by atoms with van der Waals surface area (Å²) in [5.74, 6) is 1.44. The zero-order chi connectivity index (χ0) is 18.8. The van der Waals surface area contributed by atoms with Crippen molar-refractivity contribution in [1.29, 1.82) is 0 Å². The van der Waals surface area contributed by atoms with Crippen LogP contribution in [-0.2, 0) is 6.42 Å². The fourth-order valence-electron chi connectivity index (χ4n) is 2.97. The number of Topliss-reactive ketones (excluding diaryl/α,β-unsaturated/α-hetero) is 1. The Bertz CT molecular complexity index is 882. The molecule has 0 saturated heterocycles. The summed E-state index contributed by atoms with van der Waals surface area (Å²) >= 11 is 3.30. The molecule has 26 heavy (non-hydrogen) atoms. The van der Waals surface area contributed by atoms with E-state index in [4.69, 9.17) is 9.47 Å². The molecule has 4 nitrogen and oxygen atoms in total. The number of aromatic hydroxyl groups is 1. The van der Waals surface area contributed by atoms with Gasteiger partial charge in [-0.05, 0) is 65.5 Å². The van der Waals surface area contributed by atoms with Crippen molar-refractivity contribution < 1.29 is 19.4 Å². The number of carbonyl (C=O) groups excluding carboxylic acids is 1. The molecule has 0 fully saturated rings. The number of allylic oxidation sites excluding steroid dienone is 2. The molecule has 0 aromatic heterocycles. The van der Waals surface area contributed by atoms with Gasteiger partial charge in [0.1, 0.15) is 23.4 Å². The second-order valence-electron chi connectivity index (χ2n) is 6.59. The third-order valence-corrected chi connectivity index (χ3v) is 5.03. The number of phenols is 1. The highest BCUT2D eigenvalue weighted by Gasteiger charge is 2.29. The first-order valence-corrected chi connectivity index (χ1v) is 9.21. The van der Waals surface area contributed by atoms with Crippen LogP contribution in [0.3, 0.4) is 0 Å². The smallest absolute Gasteiger partial charge is 0.170 e. The number of ether oxygens (including phenoxy) is 2. The van der Waals surface area contributed by atoms with Crippen LogP contribution in [0.5, 0.6) is 17.2 Å². The lowest BCUT2D eigenvalue weighted by Gasteiger charge is -2.27. The van der Waals surface area contributed by atoms with Gasteiger partial charge in [0.05, 0.1) is 23.6 Å². The molecular formula is C21H21BrO4. The van der Waals surface area contributed by atoms with Gasteiger partial charge in [-0.3, -0.25) is 4.79 Å². The molecule has 1 atom stereocenters. The van der Waals surface area contributed by atoms with Crippen LogP contribution in [0.25, 0.3) is 0 Å². The molecule has 1 N–H and O–H groups in total. The van der Waals surface area contributed by atoms with Gasteiger partial charge in [0.15, 0.2) is 5.78 Å². The van der Waals surface area contributed by atoms with Gasteiger partial charge >= 0.3 is 0 Å². The van der Waals surface area contributed by atoms with Gasteiger partial charge in [0, 0.05) is 6.07 Å². The van der Waals surface area contributed by atoms with Gasteiger partial charge in [-0.2, -0.15) is 0 Å². The van der Waals surface area contributed by atoms with E-state index >= 15 is 0 Å². The van der Waals surface area contributed by atoms with E-state index in [1.165, 1.54) is 5.57 Å². The maximum absolute atomic E-state index is 12.7. The van der Waals surface area contributed by atoms with Gasteiger partial charge in [0.25, 0.3) is 0 Å². The van der Waals surface area contributed by atoms with Crippen molar-refractivity contribution in [2.24, 2.45) is 0 Å². The molecule has 3 rings (SSSR count). The monoisotopic (exact) mass is 416 g/mol. The topological polar surface area (TPSA) is 55.8 Å². The summed E-state index contributed by atoms with van der Waals surface area (Å²) in [4.78, 5) is 12.7. The quantitative estimate of drug-likeness (QED) is 0.679. The summed E-state index contributed by atoms with van der Waals surface area (Å²) < 4.78 is 12.2. The minimum Gasteiger partial charge on any atom is -0.507 e. The van der Waals surface area contributed by atoms with Crippen LogP contribution in [0.4, 0.5) is 0 Å². The normalized spacial score (nSPS) is 15.8. The second kappa shape index (κ2) is 7.54. The summed E-state index contributed by atoms with van der Waals surface area (Å²) in [6, 6.07) is 8.80. The van der Waals surface area contributed by atoms with Gasteiger partial charge < -0.3 is 14.6 Å². The second-order valence-corrected chi connectivity index (χ2v) is 7.44. The minimum absolute atomic E-state index is 0.0431. The summed E-state index contributed by atoms with van der Waals surface area (Å²) in [6.45, 7) is 4.08. The van der Waals surface area contributed by atoms with E-state index in [1.54, 1.807) is 31.4 Å². The van der Waals surface area contributed by atoms with Crippen molar-refractivity contribution in [2.75, 3.05) is 7.11 Å². The van der Waals surface area contributed by atoms with E-state index in [-0.39, 0.29) is 24.1 Å². The Morgan fingerprint density at radius 3 is 2.77 bits per heavy atom. The summed E-state index contributed by atoms with van der Waals surface area (Å²) in [7, 11) is 1.62. The van der Waals surface area contributed by atoms with Crippen LogP contribution in [0, 0.1) is 0 Å². The Morgan fingerprint density at radius 2 is 2.12 bits per heavy atom. The van der Waals surface area contributed by atoms with E-state index in [0.29, 0.717) is 28.0 Å². The third-order valence-electron chi connectivity index (χ3n) is 4.40. The molecule has 2 aromatic rings. The molecular weight excluding hydrogens is 396 g/mol. The molecule has 136 valence electrons. The average Bonchev–Trinajstić information content (AvgIpc) is 2.61. The standard InChI is InChI=1S/C21H21BrO4/c1-12(2)4-5-13-8-15-18(24)10-20(26-21(15)11-19(13)25-3)14-6-7-17(23)16(22)9-14/h4,6-9,11,20,23H,5,10H2,1-3H3. The fraction of sp³-hybridized carbons (Fsp3) is 0.286. The first-order chi connectivity index (χ1) is 12.4. The first kappa shape index (κ1) is 18.5. The molecule has 1 aliphatic heterocycles. The van der Waals surface area contributed by atoms with Crippen LogP contribution >= 0.6 is 15.9 Å². The minimum atomic E-state index is -0.389. The number of carbonyl (C=O) groups is 1. The Morgan fingerprint density at radius 1 is 1.35 bits per heavy atom. The zero-order valence-electron chi connectivity index (χ0n) is 15.0. The number of phenolic OH excluding ortho intramolecular Hbond substituents is 1. The van der Waals surface area contributed by atoms with E-state index in [1.807, 2.05) is 19.9 Å². The summed E-state index contributed by atoms with van der Waals surface area (Å²) in [5.41, 5.74) is 3.61. The third kappa shape index (κ3) is 3.78. The highest BCUT2D eigenvalue weighted by atomic mass is 79.9. The Labute approximate surface area is 161 Å². The van der Waals surface area contributed by atoms with E-state index < -0.39 is 0 Å². The molecule has 2 aromatic carbocycles. The predicted octanol–water partition coefficient (Wildman–Crippen LogP) is 5.38. The number of halogens is 1. The highest BCUT2D eigenvalue weighted by Crippen LogP contribution is 2.40. The first-order valence-electron chi connectivity index (χ1n) is 8.41. The predicted molar refractivity (Wildman–Crippen MR) is 104 cm³/mol. The number of methoxy groups -OCH3 is 1. The molecule has 0 aliphatic carbocycles. The molecule has 5 heteroatoms. The summed E-state index contributed by atoms with van der Waals surface area (Å²) in [6.07, 6.45) is 2.69. The number of hydrogen-bond acceptors (Lipinski definition) is 4. The highest BCUT2D eigenvalue weighted by molar-refractivity contribution is 9.10. The molecule has 0 amide bonds. The number of benzene rings is 2. The molecule has 0 bridgehead atoms. The lowest BCUT2D eigenvalue weighted by atomic mass is 9.94. The molecule has 0 saturated carbocycles. The Kier molecular flexibility index (Phi) is 5.37. The maximum atomic E-state index is 12.7. The SMILES string of the molecule is COc1cc2c(cc1CC=C(C)C)C(=O)CC(c1ccc(O)c(Br)c1)O2. The number of fused-ring (bicyclic) bond motifs is 1. The van der Waals surface area contributed by atoms with Crippen molar-refractivity contribution in [3.8, 4) is 17.2 Å². The van der Waals surface area contributed by atoms with Gasteiger partial charge in [-0.25, -0.2) is 0 Å². The van der Waals surface area contributed by atoms with Crippen molar-refractivity contribution in [3.05, 3.63) is 63.1 Å². The molecule has 1 unspecified atom stereocenters. The van der Waals surface area contributed by atoms with E-state index in [9.17, 15) is 9.90 Å². The van der Waals surface area contributed by atoms with Crippen molar-refractivity contribution in [1.82, 2.24) is 0 Å². The average molecular weight is 417 g/mol. The van der Waals surface area contributed by atoms with Crippen LogP contribution in [0.2, 0.25) is 0 Å². The maximum Gasteiger partial charge on any atom is 0.170 e. The van der Waals surface area contributed by atoms with Crippen molar-refractivity contribution >= 4 is 21.7 Å². The van der Waals surface area contributed by atoms with E-state index in [2.05, 4.69) is 22.0 Å². The lowest BCUT2D eigenvalue weighted by molar-refractivity contribution is 0.0849. The zero-order valence-corrected chi connectivity index (χ0v) is 16.6. The largest absolute Gasteiger partial charge is 0.507 e. The van der Waals surface area contributed by atoms with Gasteiger partial charge in [0.2, 0.25) is 0 Å². The van der Waals surface area contributed by atoms with Gasteiger partial charge in [-0.15, -0.1) is 0 Å². The van der Waals surface area contributed by atoms with Crippen LogP contribution in [-0.4, -0.2) is 18.0 Å². The number of ketones is 1. The molecule has 0 radical (unpaired) electrons.